The quantitative estimate of drug-likeness (QED) is 0.331. The molecule has 0 bridgehead atoms. The van der Waals surface area contributed by atoms with E-state index in [2.05, 4.69) is 34.3 Å². The Hall–Kier alpha value is -3.12. The van der Waals surface area contributed by atoms with Crippen LogP contribution in [0.3, 0.4) is 0 Å². The lowest BCUT2D eigenvalue weighted by Crippen LogP contribution is -2.36. The average Bonchev–Trinajstić information content (AvgIpc) is 3.16. The zero-order valence-corrected chi connectivity index (χ0v) is 20.3. The third kappa shape index (κ3) is 5.86. The van der Waals surface area contributed by atoms with E-state index < -0.39 is 0 Å². The molecule has 0 aliphatic rings. The Bertz CT molecular complexity index is 1180. The number of aromatic nitrogens is 2. The Labute approximate surface area is 206 Å². The molecule has 1 N–H and O–H groups in total. The summed E-state index contributed by atoms with van der Waals surface area (Å²) in [4.78, 5) is 2.18. The largest absolute Gasteiger partial charge is 0.489 e. The van der Waals surface area contributed by atoms with Crippen LogP contribution in [0.15, 0.2) is 84.9 Å². The topological polar surface area (TPSA) is 50.5 Å². The molecule has 0 amide bonds. The van der Waals surface area contributed by atoms with Crippen molar-refractivity contribution in [2.24, 2.45) is 0 Å². The minimum absolute atomic E-state index is 0.0598. The van der Waals surface area contributed by atoms with Crippen LogP contribution in [0.1, 0.15) is 22.4 Å². The van der Waals surface area contributed by atoms with Gasteiger partial charge in [0, 0.05) is 18.2 Å². The van der Waals surface area contributed by atoms with E-state index in [4.69, 9.17) is 16.3 Å². The van der Waals surface area contributed by atoms with Gasteiger partial charge in [-0.2, -0.15) is 5.10 Å². The highest BCUT2D eigenvalue weighted by Gasteiger charge is 2.16. The lowest BCUT2D eigenvalue weighted by atomic mass is 10.0. The molecule has 5 nitrogen and oxygen atoms in total. The first-order valence-corrected chi connectivity index (χ1v) is 11.8. The number of benzene rings is 3. The molecule has 0 saturated carbocycles. The molecule has 0 aliphatic carbocycles. The van der Waals surface area contributed by atoms with Gasteiger partial charge >= 0.3 is 0 Å². The summed E-state index contributed by atoms with van der Waals surface area (Å²) in [6.45, 7) is 3.15. The summed E-state index contributed by atoms with van der Waals surface area (Å²) in [5, 5.41) is 15.0. The van der Waals surface area contributed by atoms with Crippen LogP contribution in [0.2, 0.25) is 5.15 Å². The fourth-order valence-corrected chi connectivity index (χ4v) is 4.27. The minimum Gasteiger partial charge on any atom is -0.489 e. The van der Waals surface area contributed by atoms with Crippen LogP contribution in [0.25, 0.3) is 5.69 Å². The SMILES string of the molecule is Cc1nn(-c2ccccc2)c(Cl)c1COc1ccc(CN(C)[C@H](CO)Cc2ccccc2)cc1. The summed E-state index contributed by atoms with van der Waals surface area (Å²) in [6, 6.07) is 28.2. The van der Waals surface area contributed by atoms with Crippen molar-refractivity contribution in [1.29, 1.82) is 0 Å². The molecule has 0 aliphatic heterocycles. The maximum Gasteiger partial charge on any atom is 0.139 e. The number of halogens is 1. The van der Waals surface area contributed by atoms with Gasteiger partial charge in [0.1, 0.15) is 17.5 Å². The van der Waals surface area contributed by atoms with Crippen molar-refractivity contribution in [1.82, 2.24) is 14.7 Å². The van der Waals surface area contributed by atoms with Gasteiger partial charge in [-0.15, -0.1) is 0 Å². The molecule has 4 aromatic rings. The number of rotatable bonds is 10. The maximum atomic E-state index is 9.90. The number of ether oxygens (including phenoxy) is 1. The first-order valence-electron chi connectivity index (χ1n) is 11.4. The number of hydrogen-bond acceptors (Lipinski definition) is 4. The highest BCUT2D eigenvalue weighted by atomic mass is 35.5. The summed E-state index contributed by atoms with van der Waals surface area (Å²) < 4.78 is 7.76. The molecule has 3 aromatic carbocycles. The van der Waals surface area contributed by atoms with Crippen LogP contribution >= 0.6 is 11.6 Å². The van der Waals surface area contributed by atoms with E-state index in [9.17, 15) is 5.11 Å². The van der Waals surface area contributed by atoms with E-state index in [-0.39, 0.29) is 12.6 Å². The monoisotopic (exact) mass is 475 g/mol. The Balaban J connectivity index is 1.36. The van der Waals surface area contributed by atoms with Gasteiger partial charge < -0.3 is 9.84 Å². The molecule has 0 radical (unpaired) electrons. The van der Waals surface area contributed by atoms with E-state index in [1.54, 1.807) is 4.68 Å². The smallest absolute Gasteiger partial charge is 0.139 e. The standard InChI is InChI=1S/C28H30ClN3O2/c1-21-27(28(29)32(30-21)24-11-7-4-8-12-24)20-34-26-15-13-23(14-16-26)18-31(2)25(19-33)17-22-9-5-3-6-10-22/h3-16,25,33H,17-20H2,1-2H3/t25-/m0/s1. The van der Waals surface area contributed by atoms with Gasteiger partial charge in [0.2, 0.25) is 0 Å². The first kappa shape index (κ1) is 24.0. The van der Waals surface area contributed by atoms with Gasteiger partial charge in [-0.05, 0) is 55.8 Å². The number of aliphatic hydroxyl groups excluding tert-OH is 1. The number of aliphatic hydroxyl groups is 1. The molecule has 6 heteroatoms. The predicted octanol–water partition coefficient (Wildman–Crippen LogP) is 5.45. The molecular formula is C28H30ClN3O2. The van der Waals surface area contributed by atoms with E-state index in [1.807, 2.05) is 74.6 Å². The maximum absolute atomic E-state index is 9.90. The van der Waals surface area contributed by atoms with Crippen molar-refractivity contribution in [3.63, 3.8) is 0 Å². The van der Waals surface area contributed by atoms with Gasteiger partial charge in [-0.1, -0.05) is 72.3 Å². The average molecular weight is 476 g/mol. The molecule has 0 saturated heterocycles. The molecule has 0 spiro atoms. The predicted molar refractivity (Wildman–Crippen MR) is 137 cm³/mol. The lowest BCUT2D eigenvalue weighted by Gasteiger charge is -2.26. The summed E-state index contributed by atoms with van der Waals surface area (Å²) in [6.07, 6.45) is 0.811. The third-order valence-electron chi connectivity index (χ3n) is 6.01. The summed E-state index contributed by atoms with van der Waals surface area (Å²) in [5.74, 6) is 0.775. The van der Waals surface area contributed by atoms with Crippen molar-refractivity contribution in [3.8, 4) is 11.4 Å². The Morgan fingerprint density at radius 2 is 1.59 bits per heavy atom. The number of para-hydroxylation sites is 1. The molecule has 1 heterocycles. The molecular weight excluding hydrogens is 446 g/mol. The molecule has 0 unspecified atom stereocenters. The van der Waals surface area contributed by atoms with Crippen LogP contribution in [0, 0.1) is 6.92 Å². The van der Waals surface area contributed by atoms with E-state index >= 15 is 0 Å². The number of hydrogen-bond donors (Lipinski definition) is 1. The lowest BCUT2D eigenvalue weighted by molar-refractivity contribution is 0.141. The highest BCUT2D eigenvalue weighted by molar-refractivity contribution is 6.30. The molecule has 4 rings (SSSR count). The Morgan fingerprint density at radius 3 is 2.24 bits per heavy atom. The first-order chi connectivity index (χ1) is 16.5. The van der Waals surface area contributed by atoms with Gasteiger partial charge in [-0.3, -0.25) is 4.90 Å². The zero-order valence-electron chi connectivity index (χ0n) is 19.6. The normalized spacial score (nSPS) is 12.1. The van der Waals surface area contributed by atoms with Crippen LogP contribution in [0.4, 0.5) is 0 Å². The van der Waals surface area contributed by atoms with Crippen molar-refractivity contribution in [2.45, 2.75) is 32.5 Å². The molecule has 34 heavy (non-hydrogen) atoms. The van der Waals surface area contributed by atoms with E-state index in [0.717, 1.165) is 41.2 Å². The Morgan fingerprint density at radius 1 is 0.941 bits per heavy atom. The summed E-state index contributed by atoms with van der Waals surface area (Å²) >= 11 is 6.61. The highest BCUT2D eigenvalue weighted by Crippen LogP contribution is 2.25. The second-order valence-electron chi connectivity index (χ2n) is 8.48. The van der Waals surface area contributed by atoms with Crippen LogP contribution in [-0.4, -0.2) is 39.5 Å². The second kappa shape index (κ2) is 11.3. The number of likely N-dealkylation sites (N-methyl/N-ethyl adjacent to an activating group) is 1. The summed E-state index contributed by atoms with van der Waals surface area (Å²) in [7, 11) is 2.05. The minimum atomic E-state index is 0.0598. The van der Waals surface area contributed by atoms with Gasteiger partial charge in [0.25, 0.3) is 0 Å². The van der Waals surface area contributed by atoms with Crippen LogP contribution < -0.4 is 4.74 Å². The fourth-order valence-electron chi connectivity index (χ4n) is 3.95. The van der Waals surface area contributed by atoms with Crippen molar-refractivity contribution in [3.05, 3.63) is 112 Å². The van der Waals surface area contributed by atoms with Crippen molar-refractivity contribution >= 4 is 11.6 Å². The third-order valence-corrected chi connectivity index (χ3v) is 6.40. The van der Waals surface area contributed by atoms with Crippen LogP contribution in [0.5, 0.6) is 5.75 Å². The fraction of sp³-hybridized carbons (Fsp3) is 0.250. The number of aryl methyl sites for hydroxylation is 1. The van der Waals surface area contributed by atoms with E-state index in [1.165, 1.54) is 5.56 Å². The Kier molecular flexibility index (Phi) is 8.01. The summed E-state index contributed by atoms with van der Waals surface area (Å²) in [5.41, 5.74) is 5.03. The molecule has 176 valence electrons. The second-order valence-corrected chi connectivity index (χ2v) is 8.83. The van der Waals surface area contributed by atoms with Gasteiger partial charge in [-0.25, -0.2) is 4.68 Å². The van der Waals surface area contributed by atoms with E-state index in [0.29, 0.717) is 11.8 Å². The van der Waals surface area contributed by atoms with Crippen molar-refractivity contribution < 1.29 is 9.84 Å². The van der Waals surface area contributed by atoms with Gasteiger partial charge in [0.05, 0.1) is 18.0 Å². The van der Waals surface area contributed by atoms with Crippen molar-refractivity contribution in [2.75, 3.05) is 13.7 Å². The number of nitrogens with zero attached hydrogens (tertiary/aromatic N) is 3. The van der Waals surface area contributed by atoms with Gasteiger partial charge in [0.15, 0.2) is 0 Å². The molecule has 0 fully saturated rings. The van der Waals surface area contributed by atoms with Crippen LogP contribution in [-0.2, 0) is 19.6 Å². The molecule has 1 aromatic heterocycles. The molecule has 1 atom stereocenters. The zero-order chi connectivity index (χ0) is 23.9.